The first-order valence-corrected chi connectivity index (χ1v) is 11.3. The van der Waals surface area contributed by atoms with Gasteiger partial charge in [-0.2, -0.15) is 0 Å². The number of thiazole rings is 1. The van der Waals surface area contributed by atoms with E-state index < -0.39 is 12.1 Å². The van der Waals surface area contributed by atoms with Crippen LogP contribution in [0.1, 0.15) is 25.3 Å². The minimum atomic E-state index is -0.563. The quantitative estimate of drug-likeness (QED) is 0.593. The molecular formula is C24H28N4O3S. The highest BCUT2D eigenvalue weighted by molar-refractivity contribution is 7.19. The lowest BCUT2D eigenvalue weighted by Gasteiger charge is -2.26. The Labute approximate surface area is 192 Å². The molecule has 2 heterocycles. The van der Waals surface area contributed by atoms with Gasteiger partial charge < -0.3 is 15.8 Å². The Kier molecular flexibility index (Phi) is 8.35. The van der Waals surface area contributed by atoms with Gasteiger partial charge >= 0.3 is 6.09 Å². The maximum absolute atomic E-state index is 12.9. The molecule has 1 aromatic heterocycles. The summed E-state index contributed by atoms with van der Waals surface area (Å²) >= 11 is 1.41. The van der Waals surface area contributed by atoms with Gasteiger partial charge in [-0.05, 0) is 37.9 Å². The van der Waals surface area contributed by atoms with Crippen LogP contribution < -0.4 is 11.1 Å². The molecule has 168 valence electrons. The van der Waals surface area contributed by atoms with Crippen molar-refractivity contribution in [2.75, 3.05) is 12.4 Å². The van der Waals surface area contributed by atoms with E-state index in [0.717, 1.165) is 22.4 Å². The maximum Gasteiger partial charge on any atom is 0.411 e. The number of hydrogen-bond donors (Lipinski definition) is 2. The summed E-state index contributed by atoms with van der Waals surface area (Å²) in [4.78, 5) is 32.4. The molecule has 4 rings (SSSR count). The molecule has 1 fully saturated rings. The first-order valence-electron chi connectivity index (χ1n) is 10.5. The normalized spacial score (nSPS) is 17.3. The molecule has 1 saturated heterocycles. The second-order valence-corrected chi connectivity index (χ2v) is 8.31. The lowest BCUT2D eigenvalue weighted by Crippen LogP contribution is -2.46. The highest BCUT2D eigenvalue weighted by atomic mass is 32.1. The van der Waals surface area contributed by atoms with Crippen molar-refractivity contribution in [3.05, 3.63) is 72.4 Å². The molecular weight excluding hydrogens is 424 g/mol. The number of anilines is 1. The number of hydrogen-bond acceptors (Lipinski definition) is 6. The molecule has 7 nitrogen and oxygen atoms in total. The minimum Gasteiger partial charge on any atom is -0.445 e. The molecule has 0 bridgehead atoms. The fraction of sp³-hybridized carbons (Fsp3) is 0.292. The predicted octanol–water partition coefficient (Wildman–Crippen LogP) is 4.51. The molecule has 3 N–H and O–H groups in total. The number of carbonyl (C=O) groups is 2. The molecule has 1 unspecified atom stereocenters. The largest absolute Gasteiger partial charge is 0.445 e. The topological polar surface area (TPSA) is 97.5 Å². The van der Waals surface area contributed by atoms with Crippen LogP contribution in [0.4, 0.5) is 9.93 Å². The molecule has 1 aliphatic heterocycles. The van der Waals surface area contributed by atoms with E-state index in [-0.39, 0.29) is 18.6 Å². The zero-order valence-electron chi connectivity index (χ0n) is 18.2. The fourth-order valence-corrected chi connectivity index (χ4v) is 4.42. The van der Waals surface area contributed by atoms with Crippen LogP contribution in [0.5, 0.6) is 0 Å². The average molecular weight is 453 g/mol. The molecule has 0 spiro atoms. The second kappa shape index (κ2) is 11.4. The number of nitrogens with one attached hydrogen (secondary N) is 1. The molecule has 3 aromatic rings. The smallest absolute Gasteiger partial charge is 0.411 e. The first kappa shape index (κ1) is 23.4. The fourth-order valence-electron chi connectivity index (χ4n) is 3.60. The minimum absolute atomic E-state index is 0.0554. The van der Waals surface area contributed by atoms with Crippen molar-refractivity contribution in [3.63, 3.8) is 0 Å². The SMILES string of the molecule is CC1CC[C@@H](C(=O)Nc2ncc(-c3ccccc3)s2)N1C(=O)OCc1ccccc1.CN. The standard InChI is InChI=1S/C23H23N3O3S.CH5N/c1-16-12-13-19(26(16)23(28)29-15-17-8-4-2-5-9-17)21(27)25-22-24-14-20(30-22)18-10-6-3-7-11-18;1-2/h2-11,14,16,19H,12-13,15H2,1H3,(H,24,25,27);2H2,1H3/t16?,19-;/m0./s1. The molecule has 2 atom stereocenters. The van der Waals surface area contributed by atoms with Gasteiger partial charge in [0.25, 0.3) is 0 Å². The van der Waals surface area contributed by atoms with Crippen LogP contribution in [0.3, 0.4) is 0 Å². The van der Waals surface area contributed by atoms with Crippen LogP contribution in [0.25, 0.3) is 10.4 Å². The summed E-state index contributed by atoms with van der Waals surface area (Å²) in [5.41, 5.74) is 6.46. The summed E-state index contributed by atoms with van der Waals surface area (Å²) in [5.74, 6) is -0.232. The predicted molar refractivity (Wildman–Crippen MR) is 127 cm³/mol. The van der Waals surface area contributed by atoms with Crippen LogP contribution in [-0.2, 0) is 16.1 Å². The van der Waals surface area contributed by atoms with Crippen molar-refractivity contribution >= 4 is 28.5 Å². The average Bonchev–Trinajstić information content (AvgIpc) is 3.47. The van der Waals surface area contributed by atoms with E-state index in [4.69, 9.17) is 4.74 Å². The number of carbonyl (C=O) groups excluding carboxylic acids is 2. The van der Waals surface area contributed by atoms with E-state index in [2.05, 4.69) is 16.0 Å². The number of nitrogens with zero attached hydrogens (tertiary/aromatic N) is 2. The molecule has 2 aromatic carbocycles. The molecule has 32 heavy (non-hydrogen) atoms. The maximum atomic E-state index is 12.9. The lowest BCUT2D eigenvalue weighted by molar-refractivity contribution is -0.120. The van der Waals surface area contributed by atoms with Gasteiger partial charge in [-0.25, -0.2) is 9.78 Å². The van der Waals surface area contributed by atoms with Gasteiger partial charge in [0.15, 0.2) is 5.13 Å². The highest BCUT2D eigenvalue weighted by Gasteiger charge is 2.40. The Bertz CT molecular complexity index is 1010. The number of nitrogens with two attached hydrogens (primary N) is 1. The van der Waals surface area contributed by atoms with Crippen molar-refractivity contribution < 1.29 is 14.3 Å². The van der Waals surface area contributed by atoms with Gasteiger partial charge in [0, 0.05) is 12.2 Å². The van der Waals surface area contributed by atoms with Gasteiger partial charge in [0.05, 0.1) is 4.88 Å². The third-order valence-electron chi connectivity index (χ3n) is 5.18. The molecule has 2 amide bonds. The van der Waals surface area contributed by atoms with Gasteiger partial charge in [-0.15, -0.1) is 0 Å². The summed E-state index contributed by atoms with van der Waals surface area (Å²) in [7, 11) is 1.50. The second-order valence-electron chi connectivity index (χ2n) is 7.27. The number of aromatic nitrogens is 1. The molecule has 1 aliphatic rings. The number of likely N-dealkylation sites (tertiary alicyclic amines) is 1. The molecule has 0 saturated carbocycles. The molecule has 8 heteroatoms. The van der Waals surface area contributed by atoms with Gasteiger partial charge in [0.1, 0.15) is 12.6 Å². The summed E-state index contributed by atoms with van der Waals surface area (Å²) in [6.45, 7) is 2.12. The van der Waals surface area contributed by atoms with Crippen molar-refractivity contribution in [1.82, 2.24) is 9.88 Å². The third kappa shape index (κ3) is 5.72. The van der Waals surface area contributed by atoms with Gasteiger partial charge in [-0.1, -0.05) is 72.0 Å². The Morgan fingerprint density at radius 1 is 1.09 bits per heavy atom. The summed E-state index contributed by atoms with van der Waals surface area (Å²) in [5, 5.41) is 3.40. The number of benzene rings is 2. The Balaban J connectivity index is 0.00000141. The van der Waals surface area contributed by atoms with Crippen molar-refractivity contribution in [2.24, 2.45) is 5.73 Å². The van der Waals surface area contributed by atoms with E-state index in [1.54, 1.807) is 11.1 Å². The summed E-state index contributed by atoms with van der Waals surface area (Å²) in [6.07, 6.45) is 2.64. The van der Waals surface area contributed by atoms with Crippen molar-refractivity contribution in [3.8, 4) is 10.4 Å². The van der Waals surface area contributed by atoms with Crippen LogP contribution in [0.2, 0.25) is 0 Å². The van der Waals surface area contributed by atoms with Crippen molar-refractivity contribution in [2.45, 2.75) is 38.5 Å². The third-order valence-corrected chi connectivity index (χ3v) is 6.14. The monoisotopic (exact) mass is 452 g/mol. The number of amides is 2. The zero-order chi connectivity index (χ0) is 22.9. The van der Waals surface area contributed by atoms with E-state index >= 15 is 0 Å². The van der Waals surface area contributed by atoms with Crippen LogP contribution in [0.15, 0.2) is 66.9 Å². The van der Waals surface area contributed by atoms with E-state index in [1.807, 2.05) is 67.6 Å². The Morgan fingerprint density at radius 2 is 1.75 bits per heavy atom. The van der Waals surface area contributed by atoms with E-state index in [1.165, 1.54) is 18.4 Å². The van der Waals surface area contributed by atoms with Gasteiger partial charge in [-0.3, -0.25) is 9.69 Å². The summed E-state index contributed by atoms with van der Waals surface area (Å²) in [6, 6.07) is 18.8. The lowest BCUT2D eigenvalue weighted by atomic mass is 10.2. The van der Waals surface area contributed by atoms with Crippen molar-refractivity contribution in [1.29, 1.82) is 0 Å². The number of ether oxygens (including phenoxy) is 1. The highest BCUT2D eigenvalue weighted by Crippen LogP contribution is 2.30. The Hall–Kier alpha value is -3.23. The summed E-state index contributed by atoms with van der Waals surface area (Å²) < 4.78 is 5.47. The molecule has 0 aliphatic carbocycles. The van der Waals surface area contributed by atoms with Crippen LogP contribution >= 0.6 is 11.3 Å². The number of rotatable bonds is 5. The zero-order valence-corrected chi connectivity index (χ0v) is 19.0. The van der Waals surface area contributed by atoms with Gasteiger partial charge in [0.2, 0.25) is 5.91 Å². The van der Waals surface area contributed by atoms with Crippen LogP contribution in [-0.4, -0.2) is 41.0 Å². The first-order chi connectivity index (χ1) is 15.6. The van der Waals surface area contributed by atoms with Crippen LogP contribution in [0, 0.1) is 0 Å². The Morgan fingerprint density at radius 3 is 2.44 bits per heavy atom. The van der Waals surface area contributed by atoms with E-state index in [0.29, 0.717) is 11.6 Å². The molecule has 0 radical (unpaired) electrons. The van der Waals surface area contributed by atoms with E-state index in [9.17, 15) is 9.59 Å².